The van der Waals surface area contributed by atoms with Crippen LogP contribution >= 0.6 is 0 Å². The van der Waals surface area contributed by atoms with E-state index < -0.39 is 11.8 Å². The van der Waals surface area contributed by atoms with Crippen LogP contribution in [0.5, 0.6) is 0 Å². The van der Waals surface area contributed by atoms with Crippen LogP contribution in [0.3, 0.4) is 0 Å². The predicted molar refractivity (Wildman–Crippen MR) is 107 cm³/mol. The van der Waals surface area contributed by atoms with Gasteiger partial charge in [-0.3, -0.25) is 14.9 Å². The zero-order chi connectivity index (χ0) is 18.8. The Bertz CT molecular complexity index is 1280. The van der Waals surface area contributed by atoms with Gasteiger partial charge in [0.2, 0.25) is 11.8 Å². The van der Waals surface area contributed by atoms with Gasteiger partial charge in [-0.2, -0.15) is 0 Å². The second-order valence-corrected chi connectivity index (χ2v) is 7.79. The number of para-hydroxylation sites is 2. The van der Waals surface area contributed by atoms with Gasteiger partial charge in [0.25, 0.3) is 0 Å². The first-order valence-corrected chi connectivity index (χ1v) is 9.74. The Balaban J connectivity index is 1.58. The highest BCUT2D eigenvalue weighted by Crippen LogP contribution is 2.44. The minimum absolute atomic E-state index is 0.205. The molecular formula is C23H19N3O2. The van der Waals surface area contributed by atoms with E-state index in [-0.39, 0.29) is 11.8 Å². The maximum atomic E-state index is 12.9. The number of nitrogens with zero attached hydrogens (tertiary/aromatic N) is 1. The Labute approximate surface area is 161 Å². The van der Waals surface area contributed by atoms with Gasteiger partial charge in [-0.25, -0.2) is 0 Å². The molecule has 0 saturated carbocycles. The molecule has 4 heterocycles. The molecular weight excluding hydrogens is 350 g/mol. The highest BCUT2D eigenvalue weighted by Gasteiger charge is 2.45. The van der Waals surface area contributed by atoms with Gasteiger partial charge in [0.1, 0.15) is 0 Å². The number of hydrogen-bond donors (Lipinski definition) is 2. The molecule has 0 aliphatic carbocycles. The van der Waals surface area contributed by atoms with Gasteiger partial charge in [-0.15, -0.1) is 0 Å². The first-order valence-electron chi connectivity index (χ1n) is 9.74. The number of amides is 2. The average molecular weight is 369 g/mol. The van der Waals surface area contributed by atoms with E-state index >= 15 is 0 Å². The van der Waals surface area contributed by atoms with Crippen LogP contribution in [0.25, 0.3) is 21.8 Å². The summed E-state index contributed by atoms with van der Waals surface area (Å²) in [6, 6.07) is 14.2. The van der Waals surface area contributed by atoms with Crippen LogP contribution in [0.4, 0.5) is 0 Å². The molecule has 2 aromatic carbocycles. The normalized spacial score (nSPS) is 21.6. The summed E-state index contributed by atoms with van der Waals surface area (Å²) < 4.78 is 2.26. The van der Waals surface area contributed by atoms with E-state index in [0.717, 1.165) is 46.8 Å². The van der Waals surface area contributed by atoms with E-state index in [9.17, 15) is 9.59 Å². The van der Waals surface area contributed by atoms with Gasteiger partial charge in [0.15, 0.2) is 0 Å². The number of imide groups is 1. The van der Waals surface area contributed by atoms with Crippen molar-refractivity contribution >= 4 is 33.6 Å². The third-order valence-electron chi connectivity index (χ3n) is 6.29. The van der Waals surface area contributed by atoms with Crippen molar-refractivity contribution in [3.8, 4) is 0 Å². The summed E-state index contributed by atoms with van der Waals surface area (Å²) in [7, 11) is 0. The molecule has 0 bridgehead atoms. The van der Waals surface area contributed by atoms with E-state index in [1.54, 1.807) is 0 Å². The lowest BCUT2D eigenvalue weighted by atomic mass is 9.83. The van der Waals surface area contributed by atoms with Crippen molar-refractivity contribution in [1.82, 2.24) is 14.9 Å². The Morgan fingerprint density at radius 2 is 1.68 bits per heavy atom. The summed E-state index contributed by atoms with van der Waals surface area (Å²) in [5.74, 6) is -1.45. The van der Waals surface area contributed by atoms with Crippen molar-refractivity contribution in [2.24, 2.45) is 0 Å². The van der Waals surface area contributed by atoms with Crippen LogP contribution in [0.15, 0.2) is 54.9 Å². The van der Waals surface area contributed by atoms with Crippen LogP contribution in [0.1, 0.15) is 34.9 Å². The quantitative estimate of drug-likeness (QED) is 0.530. The van der Waals surface area contributed by atoms with Crippen molar-refractivity contribution < 1.29 is 9.59 Å². The molecule has 6 rings (SSSR count). The van der Waals surface area contributed by atoms with Crippen LogP contribution < -0.4 is 5.32 Å². The molecule has 2 N–H and O–H groups in total. The number of carbonyl (C=O) groups is 2. The lowest BCUT2D eigenvalue weighted by molar-refractivity contribution is -0.125. The SMILES string of the molecule is O=C1NC(=O)[C@@H](c2c[nH]c3ccccc23)[C@H]1c1cn2c3c(cccc13)CCC2. The maximum absolute atomic E-state index is 12.9. The molecule has 2 aliphatic heterocycles. The van der Waals surface area contributed by atoms with Gasteiger partial charge in [0.05, 0.1) is 17.4 Å². The highest BCUT2D eigenvalue weighted by atomic mass is 16.2. The minimum Gasteiger partial charge on any atom is -0.361 e. The molecule has 5 nitrogen and oxygen atoms in total. The molecule has 1 saturated heterocycles. The third kappa shape index (κ3) is 2.01. The van der Waals surface area contributed by atoms with Crippen LogP contribution in [0, 0.1) is 0 Å². The number of aromatic nitrogens is 2. The van der Waals surface area contributed by atoms with Gasteiger partial charge in [0, 0.05) is 35.2 Å². The third-order valence-corrected chi connectivity index (χ3v) is 6.29. The number of H-pyrrole nitrogens is 1. The second kappa shape index (κ2) is 5.58. The Hall–Kier alpha value is -3.34. The Kier molecular flexibility index (Phi) is 3.13. The number of aryl methyl sites for hydroxylation is 2. The van der Waals surface area contributed by atoms with Crippen molar-refractivity contribution in [1.29, 1.82) is 0 Å². The summed E-state index contributed by atoms with van der Waals surface area (Å²) in [4.78, 5) is 29.0. The van der Waals surface area contributed by atoms with Crippen LogP contribution in [-0.4, -0.2) is 21.4 Å². The van der Waals surface area contributed by atoms with Crippen molar-refractivity contribution in [3.63, 3.8) is 0 Å². The van der Waals surface area contributed by atoms with Crippen molar-refractivity contribution in [2.45, 2.75) is 31.2 Å². The maximum Gasteiger partial charge on any atom is 0.235 e. The summed E-state index contributed by atoms with van der Waals surface area (Å²) >= 11 is 0. The number of nitrogens with one attached hydrogen (secondary N) is 2. The van der Waals surface area contributed by atoms with Gasteiger partial charge in [-0.05, 0) is 35.6 Å². The lowest BCUT2D eigenvalue weighted by Gasteiger charge is -2.15. The van der Waals surface area contributed by atoms with E-state index in [1.807, 2.05) is 30.5 Å². The number of hydrogen-bond acceptors (Lipinski definition) is 2. The summed E-state index contributed by atoms with van der Waals surface area (Å²) in [5.41, 5.74) is 5.36. The Morgan fingerprint density at radius 1 is 0.893 bits per heavy atom. The molecule has 138 valence electrons. The van der Waals surface area contributed by atoms with Gasteiger partial charge < -0.3 is 9.55 Å². The number of rotatable bonds is 2. The van der Waals surface area contributed by atoms with E-state index in [2.05, 4.69) is 39.3 Å². The van der Waals surface area contributed by atoms with Gasteiger partial charge in [-0.1, -0.05) is 36.4 Å². The largest absolute Gasteiger partial charge is 0.361 e. The molecule has 2 atom stereocenters. The number of benzene rings is 2. The molecule has 4 aromatic rings. The summed E-state index contributed by atoms with van der Waals surface area (Å²) in [5, 5.41) is 4.68. The average Bonchev–Trinajstić information content (AvgIpc) is 3.37. The molecule has 2 aliphatic rings. The molecule has 2 aromatic heterocycles. The van der Waals surface area contributed by atoms with Crippen LogP contribution in [-0.2, 0) is 22.6 Å². The second-order valence-electron chi connectivity index (χ2n) is 7.79. The number of fused-ring (bicyclic) bond motifs is 1. The summed E-state index contributed by atoms with van der Waals surface area (Å²) in [6.07, 6.45) is 6.13. The molecule has 1 fully saturated rings. The molecule has 0 unspecified atom stereocenters. The fourth-order valence-electron chi connectivity index (χ4n) is 5.10. The molecule has 0 spiro atoms. The van der Waals surface area contributed by atoms with E-state index in [4.69, 9.17) is 0 Å². The highest BCUT2D eigenvalue weighted by molar-refractivity contribution is 6.13. The topological polar surface area (TPSA) is 66.9 Å². The predicted octanol–water partition coefficient (Wildman–Crippen LogP) is 3.59. The number of carbonyl (C=O) groups excluding carboxylic acids is 2. The fraction of sp³-hybridized carbons (Fsp3) is 0.217. The van der Waals surface area contributed by atoms with Crippen LogP contribution in [0.2, 0.25) is 0 Å². The standard InChI is InChI=1S/C23H19N3O2/c27-22-19(16-11-24-18-9-2-1-7-14(16)18)20(23(28)25-22)17-12-26-10-4-6-13-5-3-8-15(17)21(13)26/h1-3,5,7-9,11-12,19-20,24H,4,6,10H2,(H,25,27,28)/t19-,20+/m0/s1. The van der Waals surface area contributed by atoms with E-state index in [1.165, 1.54) is 11.1 Å². The monoisotopic (exact) mass is 369 g/mol. The zero-order valence-corrected chi connectivity index (χ0v) is 15.2. The first kappa shape index (κ1) is 15.7. The fourth-order valence-corrected chi connectivity index (χ4v) is 5.10. The van der Waals surface area contributed by atoms with Crippen molar-refractivity contribution in [2.75, 3.05) is 0 Å². The molecule has 2 amide bonds. The Morgan fingerprint density at radius 3 is 2.57 bits per heavy atom. The molecule has 0 radical (unpaired) electrons. The lowest BCUT2D eigenvalue weighted by Crippen LogP contribution is -2.21. The molecule has 5 heteroatoms. The minimum atomic E-state index is -0.521. The summed E-state index contributed by atoms with van der Waals surface area (Å²) in [6.45, 7) is 0.952. The first-order chi connectivity index (χ1) is 13.7. The smallest absolute Gasteiger partial charge is 0.235 e. The van der Waals surface area contributed by atoms with E-state index in [0.29, 0.717) is 0 Å². The molecule has 28 heavy (non-hydrogen) atoms. The van der Waals surface area contributed by atoms with Crippen molar-refractivity contribution in [3.05, 3.63) is 71.5 Å². The van der Waals surface area contributed by atoms with Gasteiger partial charge >= 0.3 is 0 Å². The zero-order valence-electron chi connectivity index (χ0n) is 15.2. The number of aromatic amines is 1.